The summed E-state index contributed by atoms with van der Waals surface area (Å²) in [6.45, 7) is 4.08. The number of rotatable bonds is 7. The number of ether oxygens (including phenoxy) is 2. The van der Waals surface area contributed by atoms with Crippen LogP contribution in [0.1, 0.15) is 18.5 Å². The Morgan fingerprint density at radius 1 is 1.22 bits per heavy atom. The number of hydrogen-bond acceptors (Lipinski definition) is 4. The van der Waals surface area contributed by atoms with Crippen LogP contribution in [-0.2, 0) is 0 Å². The number of methoxy groups -OCH3 is 2. The van der Waals surface area contributed by atoms with Crippen LogP contribution in [0, 0.1) is 0 Å². The molecule has 0 spiro atoms. The number of likely N-dealkylation sites (N-methyl/N-ethyl adjacent to an activating group) is 1. The fraction of sp³-hybridized carbons (Fsp3) is 0.571. The van der Waals surface area contributed by atoms with E-state index in [1.54, 1.807) is 14.2 Å². The van der Waals surface area contributed by atoms with Crippen molar-refractivity contribution in [2.75, 3.05) is 41.4 Å². The lowest BCUT2D eigenvalue weighted by Crippen LogP contribution is -2.28. The molecule has 0 saturated heterocycles. The van der Waals surface area contributed by atoms with E-state index < -0.39 is 0 Å². The standard InChI is InChI=1S/C14H24N2O2/c1-11(15-8-9-16(2)3)13-10-12(17-4)6-7-14(13)18-5/h6-7,10-11,15H,8-9H2,1-5H3. The minimum absolute atomic E-state index is 0.231. The quantitative estimate of drug-likeness (QED) is 0.804. The van der Waals surface area contributed by atoms with Crippen LogP contribution in [0.2, 0.25) is 0 Å². The molecule has 0 aliphatic heterocycles. The van der Waals surface area contributed by atoms with Gasteiger partial charge in [-0.3, -0.25) is 0 Å². The van der Waals surface area contributed by atoms with Gasteiger partial charge in [0, 0.05) is 24.7 Å². The van der Waals surface area contributed by atoms with Gasteiger partial charge in [0.25, 0.3) is 0 Å². The Labute approximate surface area is 110 Å². The van der Waals surface area contributed by atoms with E-state index in [4.69, 9.17) is 9.47 Å². The normalized spacial score (nSPS) is 12.6. The summed E-state index contributed by atoms with van der Waals surface area (Å²) in [4.78, 5) is 2.16. The molecule has 1 N–H and O–H groups in total. The average Bonchev–Trinajstić information content (AvgIpc) is 2.37. The fourth-order valence-corrected chi connectivity index (χ4v) is 1.79. The largest absolute Gasteiger partial charge is 0.497 e. The van der Waals surface area contributed by atoms with Crippen LogP contribution in [0.5, 0.6) is 11.5 Å². The molecule has 1 unspecified atom stereocenters. The van der Waals surface area contributed by atoms with Crippen molar-refractivity contribution >= 4 is 0 Å². The van der Waals surface area contributed by atoms with E-state index in [-0.39, 0.29) is 6.04 Å². The van der Waals surface area contributed by atoms with Gasteiger partial charge in [0.15, 0.2) is 0 Å². The van der Waals surface area contributed by atoms with Crippen LogP contribution in [0.3, 0.4) is 0 Å². The van der Waals surface area contributed by atoms with Crippen molar-refractivity contribution in [1.29, 1.82) is 0 Å². The van der Waals surface area contributed by atoms with Crippen LogP contribution in [0.4, 0.5) is 0 Å². The average molecular weight is 252 g/mol. The van der Waals surface area contributed by atoms with Crippen molar-refractivity contribution < 1.29 is 9.47 Å². The molecule has 0 aromatic heterocycles. The van der Waals surface area contributed by atoms with E-state index >= 15 is 0 Å². The molecule has 0 fully saturated rings. The van der Waals surface area contributed by atoms with Gasteiger partial charge < -0.3 is 19.7 Å². The maximum Gasteiger partial charge on any atom is 0.123 e. The van der Waals surface area contributed by atoms with Crippen molar-refractivity contribution in [3.8, 4) is 11.5 Å². The molecule has 0 radical (unpaired) electrons. The van der Waals surface area contributed by atoms with Gasteiger partial charge in [-0.15, -0.1) is 0 Å². The lowest BCUT2D eigenvalue weighted by Gasteiger charge is -2.19. The van der Waals surface area contributed by atoms with Gasteiger partial charge >= 0.3 is 0 Å². The molecular weight excluding hydrogens is 228 g/mol. The van der Waals surface area contributed by atoms with Crippen molar-refractivity contribution in [2.45, 2.75) is 13.0 Å². The van der Waals surface area contributed by atoms with Gasteiger partial charge in [-0.05, 0) is 39.2 Å². The summed E-state index contributed by atoms with van der Waals surface area (Å²) >= 11 is 0. The SMILES string of the molecule is COc1ccc(OC)c(C(C)NCCN(C)C)c1. The van der Waals surface area contributed by atoms with Crippen LogP contribution in [0.25, 0.3) is 0 Å². The topological polar surface area (TPSA) is 33.7 Å². The van der Waals surface area contributed by atoms with Crippen molar-refractivity contribution in [3.05, 3.63) is 23.8 Å². The highest BCUT2D eigenvalue weighted by molar-refractivity contribution is 5.42. The summed E-state index contributed by atoms with van der Waals surface area (Å²) < 4.78 is 10.6. The molecule has 4 heteroatoms. The van der Waals surface area contributed by atoms with Crippen LogP contribution in [0.15, 0.2) is 18.2 Å². The Kier molecular flexibility index (Phi) is 5.95. The molecule has 0 heterocycles. The van der Waals surface area contributed by atoms with E-state index in [9.17, 15) is 0 Å². The van der Waals surface area contributed by atoms with Crippen LogP contribution in [-0.4, -0.2) is 46.3 Å². The lowest BCUT2D eigenvalue weighted by atomic mass is 10.1. The number of benzene rings is 1. The van der Waals surface area contributed by atoms with Crippen molar-refractivity contribution in [3.63, 3.8) is 0 Å². The molecule has 102 valence electrons. The molecule has 0 saturated carbocycles. The predicted octanol–water partition coefficient (Wildman–Crippen LogP) is 1.92. The third-order valence-electron chi connectivity index (χ3n) is 2.91. The van der Waals surface area contributed by atoms with Gasteiger partial charge in [-0.2, -0.15) is 0 Å². The van der Waals surface area contributed by atoms with Crippen LogP contribution < -0.4 is 14.8 Å². The summed E-state index contributed by atoms with van der Waals surface area (Å²) in [5, 5.41) is 3.48. The minimum Gasteiger partial charge on any atom is -0.497 e. The van der Waals surface area contributed by atoms with Gasteiger partial charge in [0.05, 0.1) is 14.2 Å². The first kappa shape index (κ1) is 14.8. The molecule has 18 heavy (non-hydrogen) atoms. The number of nitrogens with zero attached hydrogens (tertiary/aromatic N) is 1. The maximum atomic E-state index is 5.39. The molecule has 0 aliphatic rings. The monoisotopic (exact) mass is 252 g/mol. The van der Waals surface area contributed by atoms with Gasteiger partial charge in [0.2, 0.25) is 0 Å². The molecule has 1 atom stereocenters. The summed E-state index contributed by atoms with van der Waals surface area (Å²) in [7, 11) is 7.50. The summed E-state index contributed by atoms with van der Waals surface area (Å²) in [6, 6.07) is 6.11. The zero-order valence-corrected chi connectivity index (χ0v) is 12.0. The Morgan fingerprint density at radius 2 is 1.94 bits per heavy atom. The predicted molar refractivity (Wildman–Crippen MR) is 74.5 cm³/mol. The fourth-order valence-electron chi connectivity index (χ4n) is 1.79. The van der Waals surface area contributed by atoms with E-state index in [1.807, 2.05) is 18.2 Å². The molecule has 4 nitrogen and oxygen atoms in total. The molecule has 0 aliphatic carbocycles. The summed E-state index contributed by atoms with van der Waals surface area (Å²) in [5.74, 6) is 1.74. The molecule has 0 amide bonds. The maximum absolute atomic E-state index is 5.39. The zero-order chi connectivity index (χ0) is 13.5. The third kappa shape index (κ3) is 4.20. The second-order valence-electron chi connectivity index (χ2n) is 4.59. The van der Waals surface area contributed by atoms with E-state index in [0.717, 1.165) is 30.2 Å². The molecule has 1 aromatic carbocycles. The van der Waals surface area contributed by atoms with E-state index in [2.05, 4.69) is 31.2 Å². The van der Waals surface area contributed by atoms with Crippen molar-refractivity contribution in [2.24, 2.45) is 0 Å². The van der Waals surface area contributed by atoms with Crippen LogP contribution >= 0.6 is 0 Å². The Morgan fingerprint density at radius 3 is 2.50 bits per heavy atom. The number of hydrogen-bond donors (Lipinski definition) is 1. The van der Waals surface area contributed by atoms with E-state index in [1.165, 1.54) is 0 Å². The lowest BCUT2D eigenvalue weighted by molar-refractivity contribution is 0.375. The number of nitrogens with one attached hydrogen (secondary N) is 1. The Bertz CT molecular complexity index is 367. The first-order valence-electron chi connectivity index (χ1n) is 6.18. The first-order valence-corrected chi connectivity index (χ1v) is 6.18. The smallest absolute Gasteiger partial charge is 0.123 e. The minimum atomic E-state index is 0.231. The highest BCUT2D eigenvalue weighted by Crippen LogP contribution is 2.28. The summed E-state index contributed by atoms with van der Waals surface area (Å²) in [6.07, 6.45) is 0. The van der Waals surface area contributed by atoms with Crippen molar-refractivity contribution in [1.82, 2.24) is 10.2 Å². The Hall–Kier alpha value is -1.26. The second kappa shape index (κ2) is 7.24. The summed E-state index contributed by atoms with van der Waals surface area (Å²) in [5.41, 5.74) is 1.12. The van der Waals surface area contributed by atoms with Gasteiger partial charge in [-0.1, -0.05) is 0 Å². The Balaban J connectivity index is 2.72. The molecule has 0 bridgehead atoms. The van der Waals surface area contributed by atoms with Gasteiger partial charge in [-0.25, -0.2) is 0 Å². The zero-order valence-electron chi connectivity index (χ0n) is 12.0. The highest BCUT2D eigenvalue weighted by Gasteiger charge is 2.12. The van der Waals surface area contributed by atoms with E-state index in [0.29, 0.717) is 0 Å². The highest BCUT2D eigenvalue weighted by atomic mass is 16.5. The molecule has 1 aromatic rings. The molecule has 1 rings (SSSR count). The third-order valence-corrected chi connectivity index (χ3v) is 2.91. The van der Waals surface area contributed by atoms with Gasteiger partial charge in [0.1, 0.15) is 11.5 Å². The second-order valence-corrected chi connectivity index (χ2v) is 4.59. The first-order chi connectivity index (χ1) is 8.58. The molecular formula is C14H24N2O2.